The maximum atomic E-state index is 13.6. The lowest BCUT2D eigenvalue weighted by Gasteiger charge is -2.41. The zero-order chi connectivity index (χ0) is 23.9. The second-order valence-electron chi connectivity index (χ2n) is 11.1. The Kier molecular flexibility index (Phi) is 5.79. The Hall–Kier alpha value is -2.86. The summed E-state index contributed by atoms with van der Waals surface area (Å²) in [4.78, 5) is 29.0. The molecule has 2 N–H and O–H groups in total. The van der Waals surface area contributed by atoms with Gasteiger partial charge in [0.15, 0.2) is 0 Å². The topological polar surface area (TPSA) is 70.7 Å². The highest BCUT2D eigenvalue weighted by Crippen LogP contribution is 2.59. The summed E-state index contributed by atoms with van der Waals surface area (Å²) in [5, 5.41) is 6.66. The van der Waals surface area contributed by atoms with Crippen molar-refractivity contribution in [2.45, 2.75) is 44.9 Å². The van der Waals surface area contributed by atoms with Crippen molar-refractivity contribution in [2.75, 3.05) is 32.7 Å². The smallest absolute Gasteiger partial charge is 0.226 e. The van der Waals surface area contributed by atoms with E-state index in [1.807, 2.05) is 35.2 Å². The Bertz CT molecular complexity index is 1120. The first kappa shape index (κ1) is 22.6. The van der Waals surface area contributed by atoms with Crippen LogP contribution in [0.2, 0.25) is 0 Å². The van der Waals surface area contributed by atoms with Crippen LogP contribution in [0.4, 0.5) is 0 Å². The van der Waals surface area contributed by atoms with Gasteiger partial charge in [-0.2, -0.15) is 0 Å². The SMILES string of the molecule is O=C(C1CC12CCNCC2)N1CCC2(CC1)Cc1cccc(c1)Oc1cccc(c1)CCNC2=O. The van der Waals surface area contributed by atoms with Crippen molar-refractivity contribution in [1.29, 1.82) is 0 Å². The summed E-state index contributed by atoms with van der Waals surface area (Å²) in [5.41, 5.74) is 1.99. The van der Waals surface area contributed by atoms with Gasteiger partial charge in [0.25, 0.3) is 0 Å². The van der Waals surface area contributed by atoms with Gasteiger partial charge in [-0.15, -0.1) is 0 Å². The molecule has 2 saturated heterocycles. The summed E-state index contributed by atoms with van der Waals surface area (Å²) in [5.74, 6) is 2.24. The summed E-state index contributed by atoms with van der Waals surface area (Å²) >= 11 is 0. The Balaban J connectivity index is 1.20. The van der Waals surface area contributed by atoms with Crippen LogP contribution in [0.5, 0.6) is 11.5 Å². The third-order valence-electron chi connectivity index (χ3n) is 8.88. The number of fused-ring (bicyclic) bond motifs is 4. The Morgan fingerprint density at radius 3 is 2.34 bits per heavy atom. The van der Waals surface area contributed by atoms with E-state index in [2.05, 4.69) is 28.8 Å². The molecule has 6 nitrogen and oxygen atoms in total. The summed E-state index contributed by atoms with van der Waals surface area (Å²) in [6.07, 6.45) is 6.10. The van der Waals surface area contributed by atoms with Gasteiger partial charge >= 0.3 is 0 Å². The summed E-state index contributed by atoms with van der Waals surface area (Å²) < 4.78 is 6.15. The first-order chi connectivity index (χ1) is 17.1. The number of ether oxygens (including phenoxy) is 1. The fourth-order valence-electron chi connectivity index (χ4n) is 6.55. The molecule has 2 spiro atoms. The second kappa shape index (κ2) is 8.98. The monoisotopic (exact) mass is 473 g/mol. The number of nitrogens with one attached hydrogen (secondary N) is 2. The van der Waals surface area contributed by atoms with Crippen molar-refractivity contribution in [2.24, 2.45) is 16.7 Å². The largest absolute Gasteiger partial charge is 0.457 e. The van der Waals surface area contributed by atoms with E-state index in [0.717, 1.165) is 61.4 Å². The molecule has 1 aliphatic carbocycles. The average Bonchev–Trinajstić information content (AvgIpc) is 3.56. The van der Waals surface area contributed by atoms with Crippen LogP contribution >= 0.6 is 0 Å². The second-order valence-corrected chi connectivity index (χ2v) is 11.1. The third kappa shape index (κ3) is 4.44. The number of nitrogens with zero attached hydrogens (tertiary/aromatic N) is 1. The summed E-state index contributed by atoms with van der Waals surface area (Å²) in [7, 11) is 0. The van der Waals surface area contributed by atoms with Gasteiger partial charge in [0.05, 0.1) is 5.41 Å². The van der Waals surface area contributed by atoms with Crippen molar-refractivity contribution in [3.8, 4) is 11.5 Å². The maximum Gasteiger partial charge on any atom is 0.226 e. The first-order valence-corrected chi connectivity index (χ1v) is 13.2. The molecular weight excluding hydrogens is 438 g/mol. The Morgan fingerprint density at radius 1 is 0.914 bits per heavy atom. The molecule has 1 saturated carbocycles. The van der Waals surface area contributed by atoms with Crippen molar-refractivity contribution >= 4 is 11.8 Å². The predicted molar refractivity (Wildman–Crippen MR) is 134 cm³/mol. The van der Waals surface area contributed by atoms with Crippen LogP contribution in [0.3, 0.4) is 0 Å². The highest BCUT2D eigenvalue weighted by molar-refractivity contribution is 5.85. The van der Waals surface area contributed by atoms with Crippen molar-refractivity contribution in [3.63, 3.8) is 0 Å². The van der Waals surface area contributed by atoms with E-state index >= 15 is 0 Å². The molecule has 2 amide bonds. The van der Waals surface area contributed by atoms with Crippen molar-refractivity contribution in [1.82, 2.24) is 15.5 Å². The van der Waals surface area contributed by atoms with Crippen LogP contribution in [0.1, 0.15) is 43.2 Å². The predicted octanol–water partition coefficient (Wildman–Crippen LogP) is 3.69. The molecule has 2 aromatic rings. The first-order valence-electron chi connectivity index (χ1n) is 13.2. The van der Waals surface area contributed by atoms with Gasteiger partial charge in [0.2, 0.25) is 11.8 Å². The minimum Gasteiger partial charge on any atom is -0.457 e. The lowest BCUT2D eigenvalue weighted by molar-refractivity contribution is -0.142. The third-order valence-corrected chi connectivity index (χ3v) is 8.88. The molecule has 1 unspecified atom stereocenters. The Labute approximate surface area is 207 Å². The minimum absolute atomic E-state index is 0.118. The van der Waals surface area contributed by atoms with Crippen LogP contribution in [-0.4, -0.2) is 49.4 Å². The number of benzene rings is 2. The molecule has 4 aliphatic rings. The molecule has 3 heterocycles. The van der Waals surface area contributed by atoms with E-state index < -0.39 is 5.41 Å². The molecule has 6 heteroatoms. The lowest BCUT2D eigenvalue weighted by atomic mass is 9.72. The van der Waals surface area contributed by atoms with E-state index in [4.69, 9.17) is 4.74 Å². The zero-order valence-corrected chi connectivity index (χ0v) is 20.4. The fourth-order valence-corrected chi connectivity index (χ4v) is 6.55. The fraction of sp³-hybridized carbons (Fsp3) is 0.517. The highest BCUT2D eigenvalue weighted by Gasteiger charge is 2.59. The van der Waals surface area contributed by atoms with E-state index in [1.165, 1.54) is 0 Å². The average molecular weight is 474 g/mol. The van der Waals surface area contributed by atoms with Crippen molar-refractivity contribution < 1.29 is 14.3 Å². The quantitative estimate of drug-likeness (QED) is 0.663. The van der Waals surface area contributed by atoms with Gasteiger partial charge in [0, 0.05) is 25.6 Å². The molecule has 184 valence electrons. The Morgan fingerprint density at radius 2 is 1.60 bits per heavy atom. The molecule has 1 atom stereocenters. The van der Waals surface area contributed by atoms with Gasteiger partial charge in [-0.05, 0) is 98.8 Å². The number of carbonyl (C=O) groups is 2. The van der Waals surface area contributed by atoms with E-state index in [9.17, 15) is 9.59 Å². The van der Waals surface area contributed by atoms with Gasteiger partial charge in [-0.25, -0.2) is 0 Å². The molecule has 0 aromatic heterocycles. The van der Waals surface area contributed by atoms with Gasteiger partial charge < -0.3 is 20.3 Å². The minimum atomic E-state index is -0.502. The molecule has 3 fully saturated rings. The van der Waals surface area contributed by atoms with E-state index in [1.54, 1.807) is 0 Å². The van der Waals surface area contributed by atoms with E-state index in [0.29, 0.717) is 44.8 Å². The number of carbonyl (C=O) groups excluding carboxylic acids is 2. The maximum absolute atomic E-state index is 13.6. The van der Waals surface area contributed by atoms with Crippen LogP contribution in [0.25, 0.3) is 0 Å². The van der Waals surface area contributed by atoms with Gasteiger partial charge in [-0.1, -0.05) is 24.3 Å². The molecule has 4 bridgehead atoms. The summed E-state index contributed by atoms with van der Waals surface area (Å²) in [6, 6.07) is 16.2. The summed E-state index contributed by atoms with van der Waals surface area (Å²) in [6.45, 7) is 3.98. The molecule has 0 radical (unpaired) electrons. The molecular formula is C29H35N3O3. The van der Waals surface area contributed by atoms with Gasteiger partial charge in [0.1, 0.15) is 11.5 Å². The normalized spacial score (nSPS) is 25.0. The highest BCUT2D eigenvalue weighted by atomic mass is 16.5. The molecule has 3 aliphatic heterocycles. The van der Waals surface area contributed by atoms with Crippen LogP contribution in [0, 0.1) is 16.7 Å². The molecule has 6 rings (SSSR count). The zero-order valence-electron chi connectivity index (χ0n) is 20.4. The number of hydrogen-bond donors (Lipinski definition) is 2. The number of piperidine rings is 2. The van der Waals surface area contributed by atoms with Crippen LogP contribution in [0.15, 0.2) is 48.5 Å². The molecule has 35 heavy (non-hydrogen) atoms. The standard InChI is InChI=1S/C29H35N3O3/c33-26(25-20-28(25)8-13-30-14-9-28)32-15-10-29(11-16-32)19-22-4-2-6-24(18-22)35-23-5-1-3-21(17-23)7-12-31-27(29)34/h1-6,17-18,25,30H,7-16,19-20H2,(H,31,34). The van der Waals surface area contributed by atoms with Crippen molar-refractivity contribution in [3.05, 3.63) is 59.7 Å². The lowest BCUT2D eigenvalue weighted by Crippen LogP contribution is -2.52. The number of amides is 2. The van der Waals surface area contributed by atoms with E-state index in [-0.39, 0.29) is 17.2 Å². The number of likely N-dealkylation sites (tertiary alicyclic amines) is 1. The number of rotatable bonds is 1. The van der Waals surface area contributed by atoms with Gasteiger partial charge in [-0.3, -0.25) is 9.59 Å². The van der Waals surface area contributed by atoms with Crippen LogP contribution in [-0.2, 0) is 22.4 Å². The number of hydrogen-bond acceptors (Lipinski definition) is 4. The van der Waals surface area contributed by atoms with Crippen LogP contribution < -0.4 is 15.4 Å². The molecule has 2 aromatic carbocycles.